The molecule has 20 heavy (non-hydrogen) atoms. The van der Waals surface area contributed by atoms with E-state index in [9.17, 15) is 14.4 Å². The number of rotatable bonds is 6. The van der Waals surface area contributed by atoms with Crippen LogP contribution in [-0.4, -0.2) is 53.2 Å². The summed E-state index contributed by atoms with van der Waals surface area (Å²) in [5.41, 5.74) is 5.14. The number of ether oxygens (including phenoxy) is 2. The minimum Gasteiger partial charge on any atom is -0.458 e. The Bertz CT molecular complexity index is 512. The topological polar surface area (TPSA) is 138 Å². The molecular weight excluding hydrogens is 270 g/mol. The first-order valence-corrected chi connectivity index (χ1v) is 5.61. The molecule has 3 N–H and O–H groups in total. The molecule has 0 unspecified atom stereocenters. The van der Waals surface area contributed by atoms with Gasteiger partial charge in [-0.25, -0.2) is 14.3 Å². The highest BCUT2D eigenvalue weighted by Gasteiger charge is 2.19. The van der Waals surface area contributed by atoms with Crippen molar-refractivity contribution in [2.45, 2.75) is 13.5 Å². The van der Waals surface area contributed by atoms with Gasteiger partial charge in [0.05, 0.1) is 12.3 Å². The fraction of sp³-hybridized carbons (Fsp3) is 0.500. The van der Waals surface area contributed by atoms with Crippen molar-refractivity contribution in [2.24, 2.45) is 5.73 Å². The van der Waals surface area contributed by atoms with Crippen molar-refractivity contribution in [3.05, 3.63) is 11.4 Å². The SMILES string of the molecule is COCCOC(=O)c1nnn(CC(=O)NC(N)=O)c1C. The van der Waals surface area contributed by atoms with Crippen molar-refractivity contribution >= 4 is 17.9 Å². The zero-order valence-corrected chi connectivity index (χ0v) is 11.1. The molecule has 0 saturated carbocycles. The minimum absolute atomic E-state index is 0.00650. The maximum atomic E-state index is 11.6. The Kier molecular flexibility index (Phi) is 5.59. The standard InChI is InChI=1S/C10H15N5O5/c1-6-8(9(17)20-4-3-19-2)13-14-15(6)5-7(16)12-10(11)18/h3-5H2,1-2H3,(H3,11,12,16,18). The van der Waals surface area contributed by atoms with Crippen LogP contribution in [0.1, 0.15) is 16.2 Å². The molecule has 1 heterocycles. The van der Waals surface area contributed by atoms with E-state index < -0.39 is 17.9 Å². The monoisotopic (exact) mass is 285 g/mol. The normalized spacial score (nSPS) is 10.1. The molecular formula is C10H15N5O5. The number of urea groups is 1. The third-order valence-electron chi connectivity index (χ3n) is 2.25. The van der Waals surface area contributed by atoms with Crippen LogP contribution in [0.25, 0.3) is 0 Å². The predicted octanol–water partition coefficient (Wildman–Crippen LogP) is -1.42. The first kappa shape index (κ1) is 15.6. The minimum atomic E-state index is -0.966. The van der Waals surface area contributed by atoms with Crippen molar-refractivity contribution in [2.75, 3.05) is 20.3 Å². The van der Waals surface area contributed by atoms with Gasteiger partial charge >= 0.3 is 12.0 Å². The van der Waals surface area contributed by atoms with Crippen LogP contribution in [0, 0.1) is 6.92 Å². The van der Waals surface area contributed by atoms with E-state index in [2.05, 4.69) is 10.3 Å². The number of nitrogens with zero attached hydrogens (tertiary/aromatic N) is 3. The van der Waals surface area contributed by atoms with E-state index >= 15 is 0 Å². The van der Waals surface area contributed by atoms with Gasteiger partial charge in [-0.2, -0.15) is 0 Å². The molecule has 0 fully saturated rings. The molecule has 1 aromatic rings. The molecule has 10 heteroatoms. The first-order chi connectivity index (χ1) is 9.45. The Morgan fingerprint density at radius 1 is 1.35 bits per heavy atom. The number of methoxy groups -OCH3 is 1. The summed E-state index contributed by atoms with van der Waals surface area (Å²) in [6.45, 7) is 1.61. The van der Waals surface area contributed by atoms with Crippen molar-refractivity contribution in [1.29, 1.82) is 0 Å². The zero-order valence-electron chi connectivity index (χ0n) is 11.1. The number of nitrogens with one attached hydrogen (secondary N) is 1. The quantitative estimate of drug-likeness (QED) is 0.483. The first-order valence-electron chi connectivity index (χ1n) is 5.61. The van der Waals surface area contributed by atoms with E-state index in [1.54, 1.807) is 6.92 Å². The fourth-order valence-electron chi connectivity index (χ4n) is 1.30. The maximum absolute atomic E-state index is 11.6. The van der Waals surface area contributed by atoms with E-state index in [-0.39, 0.29) is 25.5 Å². The summed E-state index contributed by atoms with van der Waals surface area (Å²) in [6.07, 6.45) is 0. The third kappa shape index (κ3) is 4.31. The molecule has 0 spiro atoms. The molecule has 1 aromatic heterocycles. The van der Waals surface area contributed by atoms with Crippen LogP contribution in [0.2, 0.25) is 0 Å². The van der Waals surface area contributed by atoms with E-state index in [0.29, 0.717) is 5.69 Å². The molecule has 0 radical (unpaired) electrons. The molecule has 10 nitrogen and oxygen atoms in total. The molecule has 3 amide bonds. The Hall–Kier alpha value is -2.49. The number of carbonyl (C=O) groups excluding carboxylic acids is 3. The number of imide groups is 1. The summed E-state index contributed by atoms with van der Waals surface area (Å²) in [4.78, 5) is 33.5. The highest BCUT2D eigenvalue weighted by molar-refractivity contribution is 5.93. The summed E-state index contributed by atoms with van der Waals surface area (Å²) in [5.74, 6) is -1.33. The van der Waals surface area contributed by atoms with E-state index in [1.165, 1.54) is 7.11 Å². The number of aromatic nitrogens is 3. The molecule has 0 bridgehead atoms. The fourth-order valence-corrected chi connectivity index (χ4v) is 1.30. The van der Waals surface area contributed by atoms with Gasteiger partial charge in [-0.3, -0.25) is 10.1 Å². The Balaban J connectivity index is 2.66. The second-order valence-corrected chi connectivity index (χ2v) is 3.72. The molecule has 0 aliphatic rings. The Labute approximate surface area is 114 Å². The van der Waals surface area contributed by atoms with Crippen LogP contribution in [0.15, 0.2) is 0 Å². The average molecular weight is 285 g/mol. The number of hydrogen-bond donors (Lipinski definition) is 2. The van der Waals surface area contributed by atoms with Crippen molar-refractivity contribution in [3.8, 4) is 0 Å². The highest BCUT2D eigenvalue weighted by Crippen LogP contribution is 2.05. The molecule has 110 valence electrons. The zero-order chi connectivity index (χ0) is 15.1. The van der Waals surface area contributed by atoms with Gasteiger partial charge in [-0.05, 0) is 6.92 Å². The van der Waals surface area contributed by atoms with Crippen LogP contribution in [0.4, 0.5) is 4.79 Å². The van der Waals surface area contributed by atoms with E-state index in [4.69, 9.17) is 15.2 Å². The lowest BCUT2D eigenvalue weighted by Gasteiger charge is -2.04. The van der Waals surface area contributed by atoms with Gasteiger partial charge in [0.2, 0.25) is 5.91 Å². The number of amides is 3. The third-order valence-corrected chi connectivity index (χ3v) is 2.25. The summed E-state index contributed by atoms with van der Waals surface area (Å²) >= 11 is 0. The van der Waals surface area contributed by atoms with Gasteiger partial charge in [0, 0.05) is 7.11 Å². The maximum Gasteiger partial charge on any atom is 0.360 e. The van der Waals surface area contributed by atoms with E-state index in [0.717, 1.165) is 4.68 Å². The number of carbonyl (C=O) groups is 3. The van der Waals surface area contributed by atoms with Crippen LogP contribution >= 0.6 is 0 Å². The largest absolute Gasteiger partial charge is 0.458 e. The Morgan fingerprint density at radius 3 is 2.65 bits per heavy atom. The van der Waals surface area contributed by atoms with Crippen molar-refractivity contribution in [3.63, 3.8) is 0 Å². The summed E-state index contributed by atoms with van der Waals surface area (Å²) in [6, 6.07) is -0.966. The van der Waals surface area contributed by atoms with Crippen LogP contribution < -0.4 is 11.1 Å². The molecule has 0 atom stereocenters. The lowest BCUT2D eigenvalue weighted by molar-refractivity contribution is -0.120. The highest BCUT2D eigenvalue weighted by atomic mass is 16.6. The molecule has 1 rings (SSSR count). The Morgan fingerprint density at radius 2 is 2.05 bits per heavy atom. The summed E-state index contributed by atoms with van der Waals surface area (Å²) in [5, 5.41) is 9.14. The van der Waals surface area contributed by atoms with Gasteiger partial charge in [-0.15, -0.1) is 5.10 Å². The smallest absolute Gasteiger partial charge is 0.360 e. The summed E-state index contributed by atoms with van der Waals surface area (Å²) in [7, 11) is 1.48. The van der Waals surface area contributed by atoms with E-state index in [1.807, 2.05) is 5.32 Å². The van der Waals surface area contributed by atoms with Gasteiger partial charge < -0.3 is 15.2 Å². The molecule has 0 aliphatic carbocycles. The van der Waals surface area contributed by atoms with Gasteiger partial charge in [0.25, 0.3) is 0 Å². The van der Waals surface area contributed by atoms with Gasteiger partial charge in [0.15, 0.2) is 5.69 Å². The lowest BCUT2D eigenvalue weighted by Crippen LogP contribution is -2.37. The second-order valence-electron chi connectivity index (χ2n) is 3.72. The van der Waals surface area contributed by atoms with Crippen LogP contribution in [-0.2, 0) is 20.8 Å². The van der Waals surface area contributed by atoms with Crippen LogP contribution in [0.5, 0.6) is 0 Å². The second kappa shape index (κ2) is 7.19. The number of primary amides is 1. The average Bonchev–Trinajstić information content (AvgIpc) is 2.70. The molecule has 0 aromatic carbocycles. The van der Waals surface area contributed by atoms with Crippen LogP contribution in [0.3, 0.4) is 0 Å². The van der Waals surface area contributed by atoms with Crippen molar-refractivity contribution in [1.82, 2.24) is 20.3 Å². The number of nitrogens with two attached hydrogens (primary N) is 1. The number of hydrogen-bond acceptors (Lipinski definition) is 7. The van der Waals surface area contributed by atoms with Gasteiger partial charge in [-0.1, -0.05) is 5.21 Å². The molecule has 0 saturated heterocycles. The summed E-state index contributed by atoms with van der Waals surface area (Å²) < 4.78 is 10.8. The number of esters is 1. The molecule has 0 aliphatic heterocycles. The predicted molar refractivity (Wildman–Crippen MR) is 64.6 cm³/mol. The van der Waals surface area contributed by atoms with Gasteiger partial charge in [0.1, 0.15) is 13.2 Å². The lowest BCUT2D eigenvalue weighted by atomic mass is 10.3. The van der Waals surface area contributed by atoms with Crippen molar-refractivity contribution < 1.29 is 23.9 Å².